The van der Waals surface area contributed by atoms with E-state index in [0.29, 0.717) is 6.04 Å². The average molecular weight is 220 g/mol. The van der Waals surface area contributed by atoms with Crippen LogP contribution in [0.15, 0.2) is 6.07 Å². The van der Waals surface area contributed by atoms with E-state index in [1.165, 1.54) is 12.8 Å². The van der Waals surface area contributed by atoms with Crippen LogP contribution in [0.25, 0.3) is 0 Å². The second-order valence-corrected chi connectivity index (χ2v) is 4.67. The minimum absolute atomic E-state index is 0.234. The van der Waals surface area contributed by atoms with Gasteiger partial charge in [-0.25, -0.2) is 9.97 Å². The number of hydrogen-bond donors (Lipinski definition) is 2. The summed E-state index contributed by atoms with van der Waals surface area (Å²) in [7, 11) is 0. The van der Waals surface area contributed by atoms with Gasteiger partial charge < -0.3 is 11.1 Å². The summed E-state index contributed by atoms with van der Waals surface area (Å²) < 4.78 is 0. The monoisotopic (exact) mass is 220 g/mol. The van der Waals surface area contributed by atoms with Gasteiger partial charge in [-0.2, -0.15) is 0 Å². The lowest BCUT2D eigenvalue weighted by Gasteiger charge is -2.29. The molecule has 0 bridgehead atoms. The molecule has 2 rings (SSSR count). The Morgan fingerprint density at radius 2 is 1.81 bits per heavy atom. The van der Waals surface area contributed by atoms with Gasteiger partial charge in [-0.15, -0.1) is 0 Å². The first-order valence-electron chi connectivity index (χ1n) is 5.99. The molecule has 1 aliphatic carbocycles. The molecule has 88 valence electrons. The molecule has 0 amide bonds. The van der Waals surface area contributed by atoms with Crippen molar-refractivity contribution in [3.8, 4) is 0 Å². The predicted molar refractivity (Wildman–Crippen MR) is 65.4 cm³/mol. The van der Waals surface area contributed by atoms with Crippen LogP contribution in [0.4, 0.5) is 5.95 Å². The largest absolute Gasteiger partial charge is 0.350 e. The van der Waals surface area contributed by atoms with Gasteiger partial charge in [0.15, 0.2) is 0 Å². The van der Waals surface area contributed by atoms with E-state index in [1.807, 2.05) is 19.9 Å². The third kappa shape index (κ3) is 2.70. The first-order chi connectivity index (χ1) is 7.65. The highest BCUT2D eigenvalue weighted by Crippen LogP contribution is 2.19. The van der Waals surface area contributed by atoms with E-state index in [4.69, 9.17) is 5.73 Å². The highest BCUT2D eigenvalue weighted by molar-refractivity contribution is 5.29. The molecule has 0 radical (unpaired) electrons. The molecule has 4 heteroatoms. The van der Waals surface area contributed by atoms with Crippen LogP contribution in [-0.2, 0) is 0 Å². The molecule has 1 aromatic heterocycles. The maximum atomic E-state index is 6.08. The summed E-state index contributed by atoms with van der Waals surface area (Å²) in [6.07, 6.45) is 4.71. The third-order valence-corrected chi connectivity index (χ3v) is 3.12. The van der Waals surface area contributed by atoms with Crippen molar-refractivity contribution in [3.05, 3.63) is 17.5 Å². The van der Waals surface area contributed by atoms with Crippen molar-refractivity contribution in [2.75, 3.05) is 5.32 Å². The summed E-state index contributed by atoms with van der Waals surface area (Å²) in [5.41, 5.74) is 8.08. The summed E-state index contributed by atoms with van der Waals surface area (Å²) in [4.78, 5) is 8.77. The smallest absolute Gasteiger partial charge is 0.223 e. The van der Waals surface area contributed by atoms with Gasteiger partial charge in [0.2, 0.25) is 5.95 Å². The fourth-order valence-corrected chi connectivity index (χ4v) is 2.30. The fraction of sp³-hybridized carbons (Fsp3) is 0.667. The number of aryl methyl sites for hydroxylation is 2. The van der Waals surface area contributed by atoms with Gasteiger partial charge in [-0.3, -0.25) is 0 Å². The predicted octanol–water partition coefficient (Wildman–Crippen LogP) is 1.78. The topological polar surface area (TPSA) is 63.8 Å². The molecule has 1 aromatic rings. The van der Waals surface area contributed by atoms with Crippen LogP contribution in [0.2, 0.25) is 0 Å². The molecule has 2 atom stereocenters. The molecule has 1 saturated carbocycles. The van der Waals surface area contributed by atoms with E-state index in [9.17, 15) is 0 Å². The molecule has 4 nitrogen and oxygen atoms in total. The van der Waals surface area contributed by atoms with Crippen molar-refractivity contribution in [1.82, 2.24) is 9.97 Å². The van der Waals surface area contributed by atoms with Crippen LogP contribution in [0.1, 0.15) is 37.1 Å². The minimum atomic E-state index is 0.234. The summed E-state index contributed by atoms with van der Waals surface area (Å²) in [5.74, 6) is 0.722. The first-order valence-corrected chi connectivity index (χ1v) is 5.99. The fourth-order valence-electron chi connectivity index (χ4n) is 2.30. The number of hydrogen-bond acceptors (Lipinski definition) is 4. The number of rotatable bonds is 2. The Morgan fingerprint density at radius 3 is 2.44 bits per heavy atom. The molecular formula is C12H20N4. The molecular weight excluding hydrogens is 200 g/mol. The first kappa shape index (κ1) is 11.3. The molecule has 0 spiro atoms. The molecule has 1 heterocycles. The lowest BCUT2D eigenvalue weighted by molar-refractivity contribution is 0.402. The van der Waals surface area contributed by atoms with Crippen LogP contribution >= 0.6 is 0 Å². The zero-order chi connectivity index (χ0) is 11.5. The lowest BCUT2D eigenvalue weighted by atomic mass is 9.91. The van der Waals surface area contributed by atoms with Crippen molar-refractivity contribution in [2.45, 2.75) is 51.6 Å². The number of anilines is 1. The van der Waals surface area contributed by atoms with Gasteiger partial charge >= 0.3 is 0 Å². The van der Waals surface area contributed by atoms with Crippen molar-refractivity contribution in [2.24, 2.45) is 5.73 Å². The minimum Gasteiger partial charge on any atom is -0.350 e. The van der Waals surface area contributed by atoms with E-state index >= 15 is 0 Å². The summed E-state index contributed by atoms with van der Waals surface area (Å²) >= 11 is 0. The van der Waals surface area contributed by atoms with Gasteiger partial charge in [0, 0.05) is 23.5 Å². The summed E-state index contributed by atoms with van der Waals surface area (Å²) in [6.45, 7) is 3.97. The second-order valence-electron chi connectivity index (χ2n) is 4.67. The van der Waals surface area contributed by atoms with E-state index in [1.54, 1.807) is 0 Å². The standard InChI is InChI=1S/C12H20N4/c1-8-7-9(2)15-12(14-8)16-11-6-4-3-5-10(11)13/h7,10-11H,3-6,13H2,1-2H3,(H,14,15,16). The SMILES string of the molecule is Cc1cc(C)nc(NC2CCCCC2N)n1. The molecule has 16 heavy (non-hydrogen) atoms. The molecule has 1 aliphatic rings. The van der Waals surface area contributed by atoms with Crippen molar-refractivity contribution in [3.63, 3.8) is 0 Å². The number of nitrogens with two attached hydrogens (primary N) is 1. The summed E-state index contributed by atoms with van der Waals surface area (Å²) in [5, 5.41) is 3.37. The maximum Gasteiger partial charge on any atom is 0.223 e. The normalized spacial score (nSPS) is 25.4. The molecule has 0 aliphatic heterocycles. The van der Waals surface area contributed by atoms with E-state index in [0.717, 1.165) is 30.2 Å². The van der Waals surface area contributed by atoms with Crippen LogP contribution < -0.4 is 11.1 Å². The Hall–Kier alpha value is -1.16. The summed E-state index contributed by atoms with van der Waals surface area (Å²) in [6, 6.07) is 2.54. The van der Waals surface area contributed by atoms with Crippen LogP contribution in [0.3, 0.4) is 0 Å². The van der Waals surface area contributed by atoms with Crippen LogP contribution in [-0.4, -0.2) is 22.1 Å². The molecule has 0 aromatic carbocycles. The Kier molecular flexibility index (Phi) is 3.39. The van der Waals surface area contributed by atoms with E-state index in [-0.39, 0.29) is 6.04 Å². The second kappa shape index (κ2) is 4.78. The highest BCUT2D eigenvalue weighted by Gasteiger charge is 2.22. The van der Waals surface area contributed by atoms with Gasteiger partial charge in [0.25, 0.3) is 0 Å². The molecule has 3 N–H and O–H groups in total. The Bertz CT molecular complexity index is 344. The van der Waals surface area contributed by atoms with Gasteiger partial charge in [0.05, 0.1) is 0 Å². The van der Waals surface area contributed by atoms with Crippen molar-refractivity contribution in [1.29, 1.82) is 0 Å². The van der Waals surface area contributed by atoms with Crippen molar-refractivity contribution < 1.29 is 0 Å². The van der Waals surface area contributed by atoms with Crippen LogP contribution in [0.5, 0.6) is 0 Å². The van der Waals surface area contributed by atoms with Crippen LogP contribution in [0, 0.1) is 13.8 Å². The Balaban J connectivity index is 2.07. The molecule has 2 unspecified atom stereocenters. The van der Waals surface area contributed by atoms with Gasteiger partial charge in [-0.05, 0) is 32.8 Å². The van der Waals surface area contributed by atoms with Gasteiger partial charge in [0.1, 0.15) is 0 Å². The quantitative estimate of drug-likeness (QED) is 0.797. The third-order valence-electron chi connectivity index (χ3n) is 3.12. The highest BCUT2D eigenvalue weighted by atomic mass is 15.1. The molecule has 1 fully saturated rings. The average Bonchev–Trinajstić information content (AvgIpc) is 2.20. The van der Waals surface area contributed by atoms with Gasteiger partial charge in [-0.1, -0.05) is 12.8 Å². The lowest BCUT2D eigenvalue weighted by Crippen LogP contribution is -2.43. The zero-order valence-corrected chi connectivity index (χ0v) is 10.0. The molecule has 0 saturated heterocycles. The van der Waals surface area contributed by atoms with E-state index < -0.39 is 0 Å². The number of aromatic nitrogens is 2. The Morgan fingerprint density at radius 1 is 1.19 bits per heavy atom. The van der Waals surface area contributed by atoms with E-state index in [2.05, 4.69) is 15.3 Å². The number of nitrogens with zero attached hydrogens (tertiary/aromatic N) is 2. The number of nitrogens with one attached hydrogen (secondary N) is 1. The Labute approximate surface area is 96.7 Å². The maximum absolute atomic E-state index is 6.08. The zero-order valence-electron chi connectivity index (χ0n) is 10.0. The van der Waals surface area contributed by atoms with Crippen molar-refractivity contribution >= 4 is 5.95 Å².